The largest absolute Gasteiger partial charge is 0.497 e. The SMILES string of the molecule is CCOc1cc(CNC(=O)Nc2ccc(OCC)c(C(=O)NCc3cccc(OC)c3)c2)c(OCC)cc1N. The van der Waals surface area contributed by atoms with Gasteiger partial charge in [0.2, 0.25) is 0 Å². The van der Waals surface area contributed by atoms with Crippen LogP contribution in [0.1, 0.15) is 42.3 Å². The summed E-state index contributed by atoms with van der Waals surface area (Å²) < 4.78 is 22.1. The average Bonchev–Trinajstić information content (AvgIpc) is 2.93. The highest BCUT2D eigenvalue weighted by molar-refractivity contribution is 5.99. The second kappa shape index (κ2) is 14.4. The second-order valence-corrected chi connectivity index (χ2v) is 8.35. The minimum atomic E-state index is -0.459. The molecule has 0 heterocycles. The molecular formula is C29H36N4O6. The predicted molar refractivity (Wildman–Crippen MR) is 151 cm³/mol. The van der Waals surface area contributed by atoms with Crippen LogP contribution in [0.15, 0.2) is 54.6 Å². The summed E-state index contributed by atoms with van der Waals surface area (Å²) in [4.78, 5) is 25.8. The number of nitrogens with one attached hydrogen (secondary N) is 3. The number of methoxy groups -OCH3 is 1. The zero-order chi connectivity index (χ0) is 28.2. The van der Waals surface area contributed by atoms with Crippen molar-refractivity contribution in [2.24, 2.45) is 0 Å². The Morgan fingerprint density at radius 3 is 2.23 bits per heavy atom. The monoisotopic (exact) mass is 536 g/mol. The zero-order valence-corrected chi connectivity index (χ0v) is 22.8. The maximum Gasteiger partial charge on any atom is 0.319 e. The molecule has 5 N–H and O–H groups in total. The molecule has 0 fully saturated rings. The van der Waals surface area contributed by atoms with Crippen LogP contribution in [0, 0.1) is 0 Å². The van der Waals surface area contributed by atoms with Gasteiger partial charge in [-0.1, -0.05) is 12.1 Å². The number of amides is 3. The van der Waals surface area contributed by atoms with Gasteiger partial charge in [0.25, 0.3) is 5.91 Å². The Morgan fingerprint density at radius 1 is 0.795 bits per heavy atom. The number of nitrogens with two attached hydrogens (primary N) is 1. The number of urea groups is 1. The van der Waals surface area contributed by atoms with E-state index in [2.05, 4.69) is 16.0 Å². The third-order valence-electron chi connectivity index (χ3n) is 5.60. The number of nitrogen functional groups attached to an aromatic ring is 1. The molecule has 0 saturated heterocycles. The van der Waals surface area contributed by atoms with Gasteiger partial charge in [-0.3, -0.25) is 4.79 Å². The number of rotatable bonds is 13. The van der Waals surface area contributed by atoms with Gasteiger partial charge in [0.05, 0.1) is 38.2 Å². The minimum absolute atomic E-state index is 0.173. The van der Waals surface area contributed by atoms with E-state index in [-0.39, 0.29) is 12.5 Å². The van der Waals surface area contributed by atoms with Crippen molar-refractivity contribution in [2.45, 2.75) is 33.9 Å². The van der Waals surface area contributed by atoms with Gasteiger partial charge in [0.15, 0.2) is 0 Å². The Labute approximate surface area is 228 Å². The fraction of sp³-hybridized carbons (Fsp3) is 0.310. The van der Waals surface area contributed by atoms with Crippen molar-refractivity contribution in [1.29, 1.82) is 0 Å². The van der Waals surface area contributed by atoms with Crippen LogP contribution >= 0.6 is 0 Å². The lowest BCUT2D eigenvalue weighted by atomic mass is 10.1. The van der Waals surface area contributed by atoms with Crippen molar-refractivity contribution in [3.05, 3.63) is 71.3 Å². The highest BCUT2D eigenvalue weighted by atomic mass is 16.5. The molecule has 3 amide bonds. The normalized spacial score (nSPS) is 10.4. The quantitative estimate of drug-likeness (QED) is 0.232. The van der Waals surface area contributed by atoms with E-state index in [1.54, 1.807) is 37.4 Å². The van der Waals surface area contributed by atoms with E-state index in [9.17, 15) is 9.59 Å². The van der Waals surface area contributed by atoms with E-state index in [0.29, 0.717) is 71.9 Å². The van der Waals surface area contributed by atoms with Crippen molar-refractivity contribution in [1.82, 2.24) is 10.6 Å². The van der Waals surface area contributed by atoms with Crippen LogP contribution in [-0.4, -0.2) is 38.9 Å². The van der Waals surface area contributed by atoms with Crippen molar-refractivity contribution >= 4 is 23.3 Å². The van der Waals surface area contributed by atoms with Crippen molar-refractivity contribution in [3.63, 3.8) is 0 Å². The van der Waals surface area contributed by atoms with Crippen LogP contribution in [0.4, 0.5) is 16.2 Å². The van der Waals surface area contributed by atoms with Crippen LogP contribution in [0.3, 0.4) is 0 Å². The molecule has 0 atom stereocenters. The number of carbonyl (C=O) groups is 2. The standard InChI is InChI=1S/C29H36N4O6/c1-5-37-25-12-11-21(15-23(25)28(34)31-17-19-9-8-10-22(13-19)36-4)33-29(35)32-18-20-14-27(39-7-3)24(30)16-26(20)38-6-2/h8-16H,5-7,17-18,30H2,1-4H3,(H,31,34)(H2,32,33,35). The topological polar surface area (TPSA) is 133 Å². The first-order chi connectivity index (χ1) is 18.9. The molecular weight excluding hydrogens is 500 g/mol. The third kappa shape index (κ3) is 8.19. The van der Waals surface area contributed by atoms with Crippen LogP contribution in [-0.2, 0) is 13.1 Å². The molecule has 3 rings (SSSR count). The summed E-state index contributed by atoms with van der Waals surface area (Å²) in [5, 5.41) is 8.47. The predicted octanol–water partition coefficient (Wildman–Crippen LogP) is 4.73. The van der Waals surface area contributed by atoms with Gasteiger partial charge >= 0.3 is 6.03 Å². The number of ether oxygens (including phenoxy) is 4. The van der Waals surface area contributed by atoms with Crippen LogP contribution in [0.25, 0.3) is 0 Å². The molecule has 39 heavy (non-hydrogen) atoms. The molecule has 10 nitrogen and oxygen atoms in total. The molecule has 0 spiro atoms. The molecule has 0 bridgehead atoms. The molecule has 10 heteroatoms. The van der Waals surface area contributed by atoms with Gasteiger partial charge in [-0.05, 0) is 62.7 Å². The van der Waals surface area contributed by atoms with E-state index in [4.69, 9.17) is 24.7 Å². The second-order valence-electron chi connectivity index (χ2n) is 8.35. The number of hydrogen-bond donors (Lipinski definition) is 4. The van der Waals surface area contributed by atoms with Crippen molar-refractivity contribution in [3.8, 4) is 23.0 Å². The number of benzene rings is 3. The van der Waals surface area contributed by atoms with Crippen LogP contribution < -0.4 is 40.6 Å². The van der Waals surface area contributed by atoms with Crippen LogP contribution in [0.5, 0.6) is 23.0 Å². The van der Waals surface area contributed by atoms with Crippen LogP contribution in [0.2, 0.25) is 0 Å². The number of hydrogen-bond acceptors (Lipinski definition) is 7. The lowest BCUT2D eigenvalue weighted by molar-refractivity contribution is 0.0947. The molecule has 0 unspecified atom stereocenters. The van der Waals surface area contributed by atoms with Crippen molar-refractivity contribution < 1.29 is 28.5 Å². The number of anilines is 2. The van der Waals surface area contributed by atoms with E-state index < -0.39 is 6.03 Å². The molecule has 0 radical (unpaired) electrons. The highest BCUT2D eigenvalue weighted by Gasteiger charge is 2.16. The molecule has 0 aromatic heterocycles. The Bertz CT molecular complexity index is 1280. The van der Waals surface area contributed by atoms with E-state index in [1.165, 1.54) is 0 Å². The summed E-state index contributed by atoms with van der Waals surface area (Å²) in [5.41, 5.74) is 8.84. The fourth-order valence-electron chi connectivity index (χ4n) is 3.80. The maximum absolute atomic E-state index is 13.0. The number of carbonyl (C=O) groups excluding carboxylic acids is 2. The Hall–Kier alpha value is -4.60. The van der Waals surface area contributed by atoms with E-state index in [0.717, 1.165) is 5.56 Å². The van der Waals surface area contributed by atoms with Gasteiger partial charge < -0.3 is 40.6 Å². The summed E-state index contributed by atoms with van der Waals surface area (Å²) in [6, 6.07) is 15.3. The summed E-state index contributed by atoms with van der Waals surface area (Å²) >= 11 is 0. The average molecular weight is 537 g/mol. The van der Waals surface area contributed by atoms with Crippen molar-refractivity contribution in [2.75, 3.05) is 38.0 Å². The molecule has 3 aromatic rings. The Kier molecular flexibility index (Phi) is 10.7. The summed E-state index contributed by atoms with van der Waals surface area (Å²) in [6.07, 6.45) is 0. The molecule has 0 aliphatic heterocycles. The fourth-order valence-corrected chi connectivity index (χ4v) is 3.80. The van der Waals surface area contributed by atoms with Gasteiger partial charge in [-0.25, -0.2) is 4.79 Å². The first kappa shape index (κ1) is 29.0. The van der Waals surface area contributed by atoms with E-state index in [1.807, 2.05) is 45.0 Å². The first-order valence-corrected chi connectivity index (χ1v) is 12.8. The maximum atomic E-state index is 13.0. The zero-order valence-electron chi connectivity index (χ0n) is 22.8. The summed E-state index contributed by atoms with van der Waals surface area (Å²) in [7, 11) is 1.59. The smallest absolute Gasteiger partial charge is 0.319 e. The Balaban J connectivity index is 1.70. The molecule has 0 saturated carbocycles. The minimum Gasteiger partial charge on any atom is -0.497 e. The molecule has 0 aliphatic carbocycles. The summed E-state index contributed by atoms with van der Waals surface area (Å²) in [5.74, 6) is 1.87. The third-order valence-corrected chi connectivity index (χ3v) is 5.60. The van der Waals surface area contributed by atoms with Gasteiger partial charge in [-0.2, -0.15) is 0 Å². The lowest BCUT2D eigenvalue weighted by Gasteiger charge is -2.16. The van der Waals surface area contributed by atoms with E-state index >= 15 is 0 Å². The van der Waals surface area contributed by atoms with Gasteiger partial charge in [0, 0.05) is 30.4 Å². The van der Waals surface area contributed by atoms with Gasteiger partial charge in [-0.15, -0.1) is 0 Å². The molecule has 3 aromatic carbocycles. The molecule has 0 aliphatic rings. The molecule has 208 valence electrons. The lowest BCUT2D eigenvalue weighted by Crippen LogP contribution is -2.29. The first-order valence-electron chi connectivity index (χ1n) is 12.8. The summed E-state index contributed by atoms with van der Waals surface area (Å²) in [6.45, 7) is 7.33. The highest BCUT2D eigenvalue weighted by Crippen LogP contribution is 2.31. The Morgan fingerprint density at radius 2 is 1.51 bits per heavy atom. The van der Waals surface area contributed by atoms with Gasteiger partial charge in [0.1, 0.15) is 23.0 Å².